The van der Waals surface area contributed by atoms with Crippen LogP contribution >= 0.6 is 0 Å². The molecule has 2 rings (SSSR count). The molecule has 0 saturated heterocycles. The Bertz CT molecular complexity index is 930. The van der Waals surface area contributed by atoms with Crippen molar-refractivity contribution in [3.8, 4) is 17.2 Å². The number of nitrogens with one attached hydrogen (secondary N) is 2. The molecule has 0 radical (unpaired) electrons. The van der Waals surface area contributed by atoms with Crippen LogP contribution in [0.4, 0.5) is 0 Å². The number of methoxy groups -OCH3 is 3. The first kappa shape index (κ1) is 23.5. The van der Waals surface area contributed by atoms with Crippen LogP contribution in [0.1, 0.15) is 22.8 Å². The monoisotopic (exact) mass is 430 g/mol. The van der Waals surface area contributed by atoms with E-state index in [4.69, 9.17) is 18.9 Å². The van der Waals surface area contributed by atoms with Gasteiger partial charge < -0.3 is 29.6 Å². The minimum Gasteiger partial charge on any atom is -0.496 e. The Morgan fingerprint density at radius 2 is 1.55 bits per heavy atom. The van der Waals surface area contributed by atoms with E-state index in [9.17, 15) is 14.4 Å². The van der Waals surface area contributed by atoms with Crippen LogP contribution in [-0.2, 0) is 20.9 Å². The van der Waals surface area contributed by atoms with Crippen molar-refractivity contribution in [3.05, 3.63) is 53.6 Å². The van der Waals surface area contributed by atoms with Gasteiger partial charge in [-0.15, -0.1) is 0 Å². The van der Waals surface area contributed by atoms with Crippen molar-refractivity contribution in [1.29, 1.82) is 0 Å². The molecule has 1 unspecified atom stereocenters. The van der Waals surface area contributed by atoms with Gasteiger partial charge in [-0.2, -0.15) is 0 Å². The summed E-state index contributed by atoms with van der Waals surface area (Å²) in [5.41, 5.74) is 1.08. The molecule has 0 aliphatic carbocycles. The van der Waals surface area contributed by atoms with E-state index in [1.807, 2.05) is 0 Å². The van der Waals surface area contributed by atoms with Crippen molar-refractivity contribution >= 4 is 17.8 Å². The maximum Gasteiger partial charge on any atom is 0.326 e. The average Bonchev–Trinajstić information content (AvgIpc) is 2.80. The SMILES string of the molecule is COc1ccc(CNC(=O)C(C)OC(=O)CNC(=O)c2ccccc2OC)cc1OC. The maximum atomic E-state index is 12.2. The highest BCUT2D eigenvalue weighted by atomic mass is 16.5. The molecule has 2 aromatic carbocycles. The minimum atomic E-state index is -1.03. The Labute approximate surface area is 180 Å². The highest BCUT2D eigenvalue weighted by molar-refractivity contribution is 5.98. The first-order valence-corrected chi connectivity index (χ1v) is 9.48. The van der Waals surface area contributed by atoms with Crippen LogP contribution in [-0.4, -0.2) is 51.8 Å². The second kappa shape index (κ2) is 11.4. The molecular formula is C22H26N2O7. The zero-order valence-electron chi connectivity index (χ0n) is 17.9. The Balaban J connectivity index is 1.81. The molecule has 0 saturated carbocycles. The summed E-state index contributed by atoms with van der Waals surface area (Å²) in [7, 11) is 4.51. The van der Waals surface area contributed by atoms with E-state index in [0.717, 1.165) is 5.56 Å². The Hall–Kier alpha value is -3.75. The summed E-state index contributed by atoms with van der Waals surface area (Å²) in [5, 5.41) is 5.13. The maximum absolute atomic E-state index is 12.2. The molecular weight excluding hydrogens is 404 g/mol. The average molecular weight is 430 g/mol. The topological polar surface area (TPSA) is 112 Å². The van der Waals surface area contributed by atoms with Gasteiger partial charge in [-0.25, -0.2) is 0 Å². The van der Waals surface area contributed by atoms with Crippen molar-refractivity contribution in [2.24, 2.45) is 0 Å². The fraction of sp³-hybridized carbons (Fsp3) is 0.318. The molecule has 0 aliphatic rings. The summed E-state index contributed by atoms with van der Waals surface area (Å²) >= 11 is 0. The number of para-hydroxylation sites is 1. The van der Waals surface area contributed by atoms with E-state index in [1.54, 1.807) is 42.5 Å². The van der Waals surface area contributed by atoms with Crippen LogP contribution in [0.3, 0.4) is 0 Å². The van der Waals surface area contributed by atoms with E-state index < -0.39 is 23.9 Å². The predicted molar refractivity (Wildman–Crippen MR) is 112 cm³/mol. The number of carbonyl (C=O) groups excluding carboxylic acids is 3. The lowest BCUT2D eigenvalue weighted by Gasteiger charge is -2.15. The summed E-state index contributed by atoms with van der Waals surface area (Å²) in [6, 6.07) is 11.9. The van der Waals surface area contributed by atoms with Crippen LogP contribution in [0.2, 0.25) is 0 Å². The lowest BCUT2D eigenvalue weighted by molar-refractivity contribution is -0.153. The van der Waals surface area contributed by atoms with Crippen molar-refractivity contribution in [1.82, 2.24) is 10.6 Å². The third kappa shape index (κ3) is 6.63. The van der Waals surface area contributed by atoms with Gasteiger partial charge in [0.1, 0.15) is 12.3 Å². The predicted octanol–water partition coefficient (Wildman–Crippen LogP) is 1.69. The van der Waals surface area contributed by atoms with Gasteiger partial charge in [-0.1, -0.05) is 18.2 Å². The minimum absolute atomic E-state index is 0.214. The van der Waals surface area contributed by atoms with E-state index in [1.165, 1.54) is 28.3 Å². The molecule has 9 heteroatoms. The zero-order valence-corrected chi connectivity index (χ0v) is 17.9. The molecule has 166 valence electrons. The van der Waals surface area contributed by atoms with Crippen molar-refractivity contribution in [2.75, 3.05) is 27.9 Å². The Morgan fingerprint density at radius 1 is 0.871 bits per heavy atom. The highest BCUT2D eigenvalue weighted by Gasteiger charge is 2.19. The molecule has 2 aromatic rings. The summed E-state index contributed by atoms with van der Waals surface area (Å²) in [6.07, 6.45) is -1.03. The molecule has 1 atom stereocenters. The summed E-state index contributed by atoms with van der Waals surface area (Å²) in [4.78, 5) is 36.4. The van der Waals surface area contributed by atoms with Gasteiger partial charge in [0.2, 0.25) is 0 Å². The number of esters is 1. The first-order chi connectivity index (χ1) is 14.9. The fourth-order valence-electron chi connectivity index (χ4n) is 2.70. The van der Waals surface area contributed by atoms with Crippen LogP contribution in [0.15, 0.2) is 42.5 Å². The Kier molecular flexibility index (Phi) is 8.68. The smallest absolute Gasteiger partial charge is 0.326 e. The van der Waals surface area contributed by atoms with Gasteiger partial charge in [0.25, 0.3) is 11.8 Å². The second-order valence-electron chi connectivity index (χ2n) is 6.42. The molecule has 2 N–H and O–H groups in total. The number of benzene rings is 2. The van der Waals surface area contributed by atoms with Crippen molar-refractivity contribution < 1.29 is 33.3 Å². The number of carbonyl (C=O) groups is 3. The number of ether oxygens (including phenoxy) is 4. The molecule has 2 amide bonds. The third-order valence-electron chi connectivity index (χ3n) is 4.34. The molecule has 0 spiro atoms. The van der Waals surface area contributed by atoms with E-state index >= 15 is 0 Å². The Morgan fingerprint density at radius 3 is 2.23 bits per heavy atom. The van der Waals surface area contributed by atoms with Gasteiger partial charge in [0, 0.05) is 6.54 Å². The second-order valence-corrected chi connectivity index (χ2v) is 6.42. The van der Waals surface area contributed by atoms with Gasteiger partial charge >= 0.3 is 5.97 Å². The number of rotatable bonds is 10. The molecule has 0 heterocycles. The summed E-state index contributed by atoms with van der Waals surface area (Å²) in [5.74, 6) is -0.193. The first-order valence-electron chi connectivity index (χ1n) is 9.48. The normalized spacial score (nSPS) is 11.1. The summed E-state index contributed by atoms with van der Waals surface area (Å²) < 4.78 is 20.6. The van der Waals surface area contributed by atoms with Gasteiger partial charge in [-0.3, -0.25) is 14.4 Å². The molecule has 0 aliphatic heterocycles. The number of hydrogen-bond donors (Lipinski definition) is 2. The van der Waals surface area contributed by atoms with Gasteiger partial charge in [-0.05, 0) is 36.8 Å². The van der Waals surface area contributed by atoms with Crippen LogP contribution in [0, 0.1) is 0 Å². The van der Waals surface area contributed by atoms with Crippen molar-refractivity contribution in [2.45, 2.75) is 19.6 Å². The lowest BCUT2D eigenvalue weighted by Crippen LogP contribution is -2.38. The van der Waals surface area contributed by atoms with Crippen LogP contribution in [0.25, 0.3) is 0 Å². The standard InChI is InChI=1S/C22H26N2O7/c1-14(21(26)23-12-15-9-10-18(29-3)19(11-15)30-4)31-20(25)13-24-22(27)16-7-5-6-8-17(16)28-2/h5-11,14H,12-13H2,1-4H3,(H,23,26)(H,24,27). The molecule has 31 heavy (non-hydrogen) atoms. The quantitative estimate of drug-likeness (QED) is 0.552. The molecule has 0 fully saturated rings. The molecule has 0 bridgehead atoms. The van der Waals surface area contributed by atoms with Gasteiger partial charge in [0.15, 0.2) is 17.6 Å². The van der Waals surface area contributed by atoms with Crippen molar-refractivity contribution in [3.63, 3.8) is 0 Å². The number of hydrogen-bond acceptors (Lipinski definition) is 7. The molecule has 0 aromatic heterocycles. The van der Waals surface area contributed by atoms with E-state index in [2.05, 4.69) is 10.6 Å². The largest absolute Gasteiger partial charge is 0.496 e. The summed E-state index contributed by atoms with van der Waals surface area (Å²) in [6.45, 7) is 1.28. The van der Waals surface area contributed by atoms with E-state index in [-0.39, 0.29) is 13.1 Å². The van der Waals surface area contributed by atoms with Crippen LogP contribution in [0.5, 0.6) is 17.2 Å². The highest BCUT2D eigenvalue weighted by Crippen LogP contribution is 2.27. The zero-order chi connectivity index (χ0) is 22.8. The van der Waals surface area contributed by atoms with Crippen LogP contribution < -0.4 is 24.8 Å². The third-order valence-corrected chi connectivity index (χ3v) is 4.34. The van der Waals surface area contributed by atoms with E-state index in [0.29, 0.717) is 22.8 Å². The lowest BCUT2D eigenvalue weighted by atomic mass is 10.2. The number of amides is 2. The fourth-order valence-corrected chi connectivity index (χ4v) is 2.70. The molecule has 9 nitrogen and oxygen atoms in total. The van der Waals surface area contributed by atoms with Gasteiger partial charge in [0.05, 0.1) is 26.9 Å².